The number of aliphatic imine (C=N–C) groups is 1. The summed E-state index contributed by atoms with van der Waals surface area (Å²) in [4.78, 5) is 18.5. The molecule has 1 aliphatic heterocycles. The highest BCUT2D eigenvalue weighted by atomic mass is 32.2. The van der Waals surface area contributed by atoms with Crippen molar-refractivity contribution in [2.75, 3.05) is 17.3 Å². The van der Waals surface area contributed by atoms with Gasteiger partial charge >= 0.3 is 5.97 Å². The first-order valence-corrected chi connectivity index (χ1v) is 8.65. The third-order valence-electron chi connectivity index (χ3n) is 3.56. The van der Waals surface area contributed by atoms with E-state index in [1.165, 1.54) is 11.8 Å². The maximum atomic E-state index is 12.4. The van der Waals surface area contributed by atoms with Gasteiger partial charge in [0.2, 0.25) is 0 Å². The second-order valence-electron chi connectivity index (χ2n) is 5.23. The third kappa shape index (κ3) is 3.16. The molecule has 1 heterocycles. The molecule has 1 aliphatic rings. The summed E-state index contributed by atoms with van der Waals surface area (Å²) in [5.74, 6) is -0.508. The van der Waals surface area contributed by atoms with Crippen molar-refractivity contribution in [2.24, 2.45) is 4.99 Å². The number of benzene rings is 2. The van der Waals surface area contributed by atoms with E-state index in [0.29, 0.717) is 10.9 Å². The zero-order valence-corrected chi connectivity index (χ0v) is 14.1. The quantitative estimate of drug-likeness (QED) is 0.865. The molecule has 0 aliphatic carbocycles. The van der Waals surface area contributed by atoms with Gasteiger partial charge in [-0.15, -0.1) is 0 Å². The van der Waals surface area contributed by atoms with Gasteiger partial charge in [-0.25, -0.2) is 9.79 Å². The molecule has 124 valence electrons. The van der Waals surface area contributed by atoms with Crippen LogP contribution in [0, 0.1) is 0 Å². The Morgan fingerprint density at radius 3 is 2.46 bits per heavy atom. The molecule has 3 rings (SSSR count). The van der Waals surface area contributed by atoms with Gasteiger partial charge in [-0.1, -0.05) is 48.2 Å². The number of aliphatic hydroxyl groups is 1. The van der Waals surface area contributed by atoms with Crippen LogP contribution in [0.4, 0.5) is 11.4 Å². The molecule has 5 nitrogen and oxygen atoms in total. The van der Waals surface area contributed by atoms with Crippen molar-refractivity contribution in [2.45, 2.75) is 12.6 Å². The van der Waals surface area contributed by atoms with E-state index < -0.39 is 11.7 Å². The van der Waals surface area contributed by atoms with Gasteiger partial charge in [0.1, 0.15) is 0 Å². The van der Waals surface area contributed by atoms with E-state index in [0.717, 1.165) is 5.69 Å². The first-order chi connectivity index (χ1) is 11.6. The number of esters is 1. The molecule has 2 aromatic rings. The highest BCUT2D eigenvalue weighted by Gasteiger charge is 2.51. The molecular formula is C18H18N2O3S. The smallest absolute Gasteiger partial charge is 0.361 e. The molecule has 1 unspecified atom stereocenters. The van der Waals surface area contributed by atoms with E-state index in [1.807, 2.05) is 60.7 Å². The highest BCUT2D eigenvalue weighted by Crippen LogP contribution is 2.38. The lowest BCUT2D eigenvalue weighted by atomic mass is 10.2. The van der Waals surface area contributed by atoms with Gasteiger partial charge in [0.05, 0.1) is 18.0 Å². The number of rotatable bonds is 4. The summed E-state index contributed by atoms with van der Waals surface area (Å²) in [6.45, 7) is 1.93. The summed E-state index contributed by atoms with van der Waals surface area (Å²) in [5.41, 5.74) is -0.322. The lowest BCUT2D eigenvalue weighted by Gasteiger charge is -2.31. The summed E-state index contributed by atoms with van der Waals surface area (Å²) in [5, 5.41) is 11.6. The van der Waals surface area contributed by atoms with Crippen molar-refractivity contribution < 1.29 is 14.6 Å². The summed E-state index contributed by atoms with van der Waals surface area (Å²) in [7, 11) is 0. The zero-order chi connectivity index (χ0) is 17.0. The Bertz CT molecular complexity index is 736. The normalized spacial score (nSPS) is 21.9. The average Bonchev–Trinajstić information content (AvgIpc) is 2.94. The molecule has 2 aromatic carbocycles. The number of carbonyl (C=O) groups excluding carboxylic acids is 1. The number of hydrogen-bond acceptors (Lipinski definition) is 5. The van der Waals surface area contributed by atoms with Crippen LogP contribution in [0.2, 0.25) is 0 Å². The summed E-state index contributed by atoms with van der Waals surface area (Å²) < 4.78 is 5.08. The number of para-hydroxylation sites is 2. The van der Waals surface area contributed by atoms with E-state index in [2.05, 4.69) is 4.99 Å². The fourth-order valence-corrected chi connectivity index (χ4v) is 3.58. The number of hydrogen-bond donors (Lipinski definition) is 1. The topological polar surface area (TPSA) is 62.1 Å². The molecule has 0 amide bonds. The maximum Gasteiger partial charge on any atom is 0.361 e. The molecule has 0 aromatic heterocycles. The number of nitrogens with zero attached hydrogens (tertiary/aromatic N) is 2. The lowest BCUT2D eigenvalue weighted by molar-refractivity contribution is -0.161. The summed E-state index contributed by atoms with van der Waals surface area (Å²) in [6.07, 6.45) is 0. The van der Waals surface area contributed by atoms with Crippen LogP contribution >= 0.6 is 11.8 Å². The van der Waals surface area contributed by atoms with Crippen LogP contribution in [0.3, 0.4) is 0 Å². The second-order valence-corrected chi connectivity index (χ2v) is 6.17. The van der Waals surface area contributed by atoms with E-state index in [-0.39, 0.29) is 12.4 Å². The first-order valence-electron chi connectivity index (χ1n) is 7.66. The van der Waals surface area contributed by atoms with Crippen molar-refractivity contribution in [3.63, 3.8) is 0 Å². The average molecular weight is 342 g/mol. The Morgan fingerprint density at radius 2 is 1.83 bits per heavy atom. The van der Waals surface area contributed by atoms with Crippen molar-refractivity contribution in [1.29, 1.82) is 0 Å². The number of amidine groups is 1. The molecule has 1 saturated heterocycles. The largest absolute Gasteiger partial charge is 0.462 e. The second kappa shape index (κ2) is 7.07. The predicted octanol–water partition coefficient (Wildman–Crippen LogP) is 3.18. The maximum absolute atomic E-state index is 12.4. The van der Waals surface area contributed by atoms with E-state index in [1.54, 1.807) is 11.8 Å². The number of ether oxygens (including phenoxy) is 1. The van der Waals surface area contributed by atoms with Crippen LogP contribution in [0.1, 0.15) is 6.92 Å². The molecule has 1 atom stereocenters. The SMILES string of the molecule is CCOC(=O)C1(O)CS/C(=N/c2ccccc2)N1c1ccccc1. The molecular weight excluding hydrogens is 324 g/mol. The lowest BCUT2D eigenvalue weighted by Crippen LogP contribution is -2.55. The minimum atomic E-state index is -1.77. The Morgan fingerprint density at radius 1 is 1.21 bits per heavy atom. The molecule has 1 N–H and O–H groups in total. The molecule has 6 heteroatoms. The Kier molecular flexibility index (Phi) is 4.87. The summed E-state index contributed by atoms with van der Waals surface area (Å²) >= 11 is 1.33. The van der Waals surface area contributed by atoms with Crippen molar-refractivity contribution in [3.8, 4) is 0 Å². The van der Waals surface area contributed by atoms with Crippen LogP contribution in [0.15, 0.2) is 65.7 Å². The molecule has 0 radical (unpaired) electrons. The monoisotopic (exact) mass is 342 g/mol. The van der Waals surface area contributed by atoms with Gasteiger partial charge in [0.15, 0.2) is 5.17 Å². The zero-order valence-electron chi connectivity index (χ0n) is 13.3. The van der Waals surface area contributed by atoms with Crippen molar-refractivity contribution >= 4 is 34.3 Å². The highest BCUT2D eigenvalue weighted by molar-refractivity contribution is 8.14. The van der Waals surface area contributed by atoms with Gasteiger partial charge in [-0.3, -0.25) is 4.90 Å². The third-order valence-corrected chi connectivity index (χ3v) is 4.64. The Balaban J connectivity index is 2.04. The van der Waals surface area contributed by atoms with Crippen LogP contribution in [0.25, 0.3) is 0 Å². The molecule has 0 saturated carbocycles. The van der Waals surface area contributed by atoms with Crippen molar-refractivity contribution in [1.82, 2.24) is 0 Å². The van der Waals surface area contributed by atoms with Crippen molar-refractivity contribution in [3.05, 3.63) is 60.7 Å². The van der Waals surface area contributed by atoms with E-state index >= 15 is 0 Å². The minimum Gasteiger partial charge on any atom is -0.462 e. The molecule has 0 spiro atoms. The number of carbonyl (C=O) groups is 1. The van der Waals surface area contributed by atoms with Crippen LogP contribution < -0.4 is 4.90 Å². The predicted molar refractivity (Wildman–Crippen MR) is 96.5 cm³/mol. The molecule has 24 heavy (non-hydrogen) atoms. The van der Waals surface area contributed by atoms with Crippen LogP contribution in [-0.4, -0.2) is 34.3 Å². The fourth-order valence-electron chi connectivity index (χ4n) is 2.45. The van der Waals surface area contributed by atoms with Gasteiger partial charge in [0, 0.05) is 5.69 Å². The van der Waals surface area contributed by atoms with Crippen LogP contribution in [0.5, 0.6) is 0 Å². The van der Waals surface area contributed by atoms with Crippen LogP contribution in [-0.2, 0) is 9.53 Å². The van der Waals surface area contributed by atoms with E-state index in [9.17, 15) is 9.90 Å². The van der Waals surface area contributed by atoms with Gasteiger partial charge in [-0.05, 0) is 31.2 Å². The Hall–Kier alpha value is -2.31. The fraction of sp³-hybridized carbons (Fsp3) is 0.222. The summed E-state index contributed by atoms with van der Waals surface area (Å²) in [6, 6.07) is 18.7. The van der Waals surface area contributed by atoms with Gasteiger partial charge in [0.25, 0.3) is 5.72 Å². The molecule has 0 bridgehead atoms. The first kappa shape index (κ1) is 16.5. The number of anilines is 1. The minimum absolute atomic E-state index is 0.159. The van der Waals surface area contributed by atoms with Gasteiger partial charge < -0.3 is 9.84 Å². The standard InChI is InChI=1S/C18H18N2O3S/c1-2-23-16(21)18(22)13-24-17(19-14-9-5-3-6-10-14)20(18)15-11-7-4-8-12-15/h3-12,22H,2,13H2,1H3/b19-17+. The number of thioether (sulfide) groups is 1. The van der Waals surface area contributed by atoms with Gasteiger partial charge in [-0.2, -0.15) is 0 Å². The molecule has 1 fully saturated rings. The van der Waals surface area contributed by atoms with E-state index in [4.69, 9.17) is 4.74 Å². The Labute approximate surface area is 145 Å².